The van der Waals surface area contributed by atoms with Crippen molar-refractivity contribution in [2.24, 2.45) is 0 Å². The van der Waals surface area contributed by atoms with Crippen molar-refractivity contribution in [3.05, 3.63) is 35.7 Å². The number of ether oxygens (including phenoxy) is 3. The SMILES string of the molecule is CCOc1cc(C(=O)Nc2cn(CC)nc2C(=O)OC(C)C)ccc1OC(F)F. The standard InChI is InChI=1S/C19H23F2N3O5/c1-5-24-10-13(16(23-24)18(26)28-11(3)4)22-17(25)12-7-8-14(29-19(20)21)15(9-12)27-6-2/h7-11,19H,5-6H2,1-4H3,(H,22,25). The normalized spacial score (nSPS) is 10.9. The minimum absolute atomic E-state index is 0.00384. The number of halogens is 2. The first-order valence-corrected chi connectivity index (χ1v) is 9.06. The number of esters is 1. The summed E-state index contributed by atoms with van der Waals surface area (Å²) in [6.45, 7) is 4.54. The van der Waals surface area contributed by atoms with E-state index < -0.39 is 18.5 Å². The molecule has 0 aliphatic rings. The number of nitrogens with one attached hydrogen (secondary N) is 1. The van der Waals surface area contributed by atoms with Gasteiger partial charge in [-0.3, -0.25) is 9.48 Å². The summed E-state index contributed by atoms with van der Waals surface area (Å²) in [6, 6.07) is 3.81. The average Bonchev–Trinajstić information content (AvgIpc) is 3.05. The van der Waals surface area contributed by atoms with Crippen LogP contribution in [0.15, 0.2) is 24.4 Å². The van der Waals surface area contributed by atoms with Crippen LogP contribution in [0.1, 0.15) is 48.5 Å². The van der Waals surface area contributed by atoms with Crippen LogP contribution >= 0.6 is 0 Å². The van der Waals surface area contributed by atoms with Crippen molar-refractivity contribution in [3.63, 3.8) is 0 Å². The zero-order valence-corrected chi connectivity index (χ0v) is 16.6. The van der Waals surface area contributed by atoms with Gasteiger partial charge in [-0.1, -0.05) is 0 Å². The number of rotatable bonds is 9. The maximum absolute atomic E-state index is 12.7. The molecule has 0 aliphatic heterocycles. The maximum Gasteiger partial charge on any atom is 0.387 e. The van der Waals surface area contributed by atoms with Crippen LogP contribution in [0.25, 0.3) is 0 Å². The van der Waals surface area contributed by atoms with E-state index in [2.05, 4.69) is 15.2 Å². The fraction of sp³-hybridized carbons (Fsp3) is 0.421. The number of aryl methyl sites for hydroxylation is 1. The number of carbonyl (C=O) groups is 2. The molecule has 1 N–H and O–H groups in total. The molecule has 0 radical (unpaired) electrons. The summed E-state index contributed by atoms with van der Waals surface area (Å²) in [7, 11) is 0. The molecule has 10 heteroatoms. The molecule has 1 heterocycles. The van der Waals surface area contributed by atoms with Gasteiger partial charge in [0.1, 0.15) is 0 Å². The summed E-state index contributed by atoms with van der Waals surface area (Å²) in [4.78, 5) is 24.9. The van der Waals surface area contributed by atoms with E-state index in [0.29, 0.717) is 6.54 Å². The summed E-state index contributed by atoms with van der Waals surface area (Å²) < 4.78 is 41.4. The molecule has 0 spiro atoms. The number of anilines is 1. The van der Waals surface area contributed by atoms with Crippen LogP contribution in [0.2, 0.25) is 0 Å². The third-order valence-corrected chi connectivity index (χ3v) is 3.59. The van der Waals surface area contributed by atoms with E-state index in [0.717, 1.165) is 0 Å². The topological polar surface area (TPSA) is 91.7 Å². The Hall–Kier alpha value is -3.17. The van der Waals surface area contributed by atoms with Crippen molar-refractivity contribution < 1.29 is 32.6 Å². The Morgan fingerprint density at radius 3 is 2.52 bits per heavy atom. The molecular formula is C19H23F2N3O5. The van der Waals surface area contributed by atoms with Gasteiger partial charge in [-0.2, -0.15) is 13.9 Å². The van der Waals surface area contributed by atoms with Gasteiger partial charge in [0.25, 0.3) is 5.91 Å². The Morgan fingerprint density at radius 2 is 1.93 bits per heavy atom. The molecule has 0 unspecified atom stereocenters. The highest BCUT2D eigenvalue weighted by atomic mass is 19.3. The van der Waals surface area contributed by atoms with Crippen molar-refractivity contribution in [2.45, 2.75) is 47.0 Å². The van der Waals surface area contributed by atoms with E-state index in [9.17, 15) is 18.4 Å². The van der Waals surface area contributed by atoms with Crippen LogP contribution in [0, 0.1) is 0 Å². The lowest BCUT2D eigenvalue weighted by Crippen LogP contribution is -2.17. The van der Waals surface area contributed by atoms with Gasteiger partial charge in [-0.25, -0.2) is 4.79 Å². The van der Waals surface area contributed by atoms with E-state index in [-0.39, 0.29) is 41.2 Å². The summed E-state index contributed by atoms with van der Waals surface area (Å²) >= 11 is 0. The van der Waals surface area contributed by atoms with E-state index in [1.807, 2.05) is 6.92 Å². The van der Waals surface area contributed by atoms with Gasteiger partial charge in [-0.05, 0) is 45.9 Å². The first-order valence-electron chi connectivity index (χ1n) is 9.06. The Labute approximate surface area is 166 Å². The summed E-state index contributed by atoms with van der Waals surface area (Å²) in [5.74, 6) is -1.43. The third kappa shape index (κ3) is 5.90. The van der Waals surface area contributed by atoms with Gasteiger partial charge >= 0.3 is 12.6 Å². The van der Waals surface area contributed by atoms with E-state index >= 15 is 0 Å². The van der Waals surface area contributed by atoms with Gasteiger partial charge < -0.3 is 19.5 Å². The fourth-order valence-corrected chi connectivity index (χ4v) is 2.40. The molecule has 1 aromatic heterocycles. The lowest BCUT2D eigenvalue weighted by molar-refractivity contribution is -0.0514. The van der Waals surface area contributed by atoms with Crippen molar-refractivity contribution in [3.8, 4) is 11.5 Å². The predicted molar refractivity (Wildman–Crippen MR) is 101 cm³/mol. The lowest BCUT2D eigenvalue weighted by Gasteiger charge is -2.13. The fourth-order valence-electron chi connectivity index (χ4n) is 2.40. The number of amides is 1. The number of nitrogens with zero attached hydrogens (tertiary/aromatic N) is 2. The van der Waals surface area contributed by atoms with E-state index in [1.165, 1.54) is 29.1 Å². The van der Waals surface area contributed by atoms with Gasteiger partial charge in [0.15, 0.2) is 17.2 Å². The average molecular weight is 411 g/mol. The molecule has 0 saturated heterocycles. The maximum atomic E-state index is 12.7. The highest BCUT2D eigenvalue weighted by Gasteiger charge is 2.22. The first kappa shape index (κ1) is 22.1. The summed E-state index contributed by atoms with van der Waals surface area (Å²) in [5, 5.41) is 6.72. The molecule has 1 amide bonds. The lowest BCUT2D eigenvalue weighted by atomic mass is 10.2. The second-order valence-electron chi connectivity index (χ2n) is 6.13. The van der Waals surface area contributed by atoms with Crippen molar-refractivity contribution in [1.29, 1.82) is 0 Å². The number of hydrogen-bond acceptors (Lipinski definition) is 6. The Bertz CT molecular complexity index is 868. The van der Waals surface area contributed by atoms with E-state index in [1.54, 1.807) is 20.8 Å². The van der Waals surface area contributed by atoms with Crippen LogP contribution in [0.3, 0.4) is 0 Å². The summed E-state index contributed by atoms with van der Waals surface area (Å²) in [6.07, 6.45) is 1.15. The third-order valence-electron chi connectivity index (χ3n) is 3.59. The van der Waals surface area contributed by atoms with Crippen LogP contribution in [0.4, 0.5) is 14.5 Å². The number of alkyl halides is 2. The molecule has 0 atom stereocenters. The largest absolute Gasteiger partial charge is 0.490 e. The minimum Gasteiger partial charge on any atom is -0.490 e. The molecular weight excluding hydrogens is 388 g/mol. The molecule has 0 bridgehead atoms. The van der Waals surface area contributed by atoms with Crippen LogP contribution < -0.4 is 14.8 Å². The zero-order chi connectivity index (χ0) is 21.6. The highest BCUT2D eigenvalue weighted by Crippen LogP contribution is 2.30. The molecule has 0 fully saturated rings. The molecule has 29 heavy (non-hydrogen) atoms. The number of aromatic nitrogens is 2. The molecule has 0 aliphatic carbocycles. The van der Waals surface area contributed by atoms with Crippen molar-refractivity contribution >= 4 is 17.6 Å². The van der Waals surface area contributed by atoms with Crippen LogP contribution in [0.5, 0.6) is 11.5 Å². The Balaban J connectivity index is 2.28. The predicted octanol–water partition coefficient (Wildman–Crippen LogP) is 3.72. The smallest absolute Gasteiger partial charge is 0.387 e. The van der Waals surface area contributed by atoms with E-state index in [4.69, 9.17) is 9.47 Å². The molecule has 2 rings (SSSR count). The molecule has 158 valence electrons. The monoisotopic (exact) mass is 411 g/mol. The van der Waals surface area contributed by atoms with Gasteiger partial charge in [-0.15, -0.1) is 0 Å². The minimum atomic E-state index is -3.02. The van der Waals surface area contributed by atoms with Crippen LogP contribution in [-0.2, 0) is 11.3 Å². The second-order valence-corrected chi connectivity index (χ2v) is 6.13. The number of hydrogen-bond donors (Lipinski definition) is 1. The molecule has 0 saturated carbocycles. The molecule has 2 aromatic rings. The van der Waals surface area contributed by atoms with Gasteiger partial charge in [0.05, 0.1) is 18.4 Å². The second kappa shape index (κ2) is 9.85. The van der Waals surface area contributed by atoms with Crippen molar-refractivity contribution in [1.82, 2.24) is 9.78 Å². The quantitative estimate of drug-likeness (QED) is 0.633. The number of benzene rings is 1. The van der Waals surface area contributed by atoms with Crippen molar-refractivity contribution in [2.75, 3.05) is 11.9 Å². The Kier molecular flexibility index (Phi) is 7.52. The molecule has 8 nitrogen and oxygen atoms in total. The van der Waals surface area contributed by atoms with Gasteiger partial charge in [0.2, 0.25) is 0 Å². The van der Waals surface area contributed by atoms with Gasteiger partial charge in [0, 0.05) is 18.3 Å². The molecule has 1 aromatic carbocycles. The number of carbonyl (C=O) groups excluding carboxylic acids is 2. The first-order chi connectivity index (χ1) is 13.7. The zero-order valence-electron chi connectivity index (χ0n) is 16.6. The van der Waals surface area contributed by atoms with Crippen LogP contribution in [-0.4, -0.2) is 41.0 Å². The Morgan fingerprint density at radius 1 is 1.21 bits per heavy atom. The highest BCUT2D eigenvalue weighted by molar-refractivity contribution is 6.07. The summed E-state index contributed by atoms with van der Waals surface area (Å²) in [5.41, 5.74) is 0.271.